The molecule has 8 nitrogen and oxygen atoms in total. The maximum atomic E-state index is 11.6. The summed E-state index contributed by atoms with van der Waals surface area (Å²) in [4.78, 5) is 23.2. The smallest absolute Gasteiger partial charge is 0.407 e. The molecule has 0 radical (unpaired) electrons. The fraction of sp³-hybridized carbons (Fsp3) is 0.467. The number of amides is 1. The van der Waals surface area contributed by atoms with Crippen molar-refractivity contribution in [1.82, 2.24) is 5.32 Å². The number of rotatable bonds is 6. The molecule has 2 N–H and O–H groups in total. The lowest BCUT2D eigenvalue weighted by molar-refractivity contribution is -0.151. The van der Waals surface area contributed by atoms with Crippen LogP contribution in [0, 0.1) is 0 Å². The van der Waals surface area contributed by atoms with Gasteiger partial charge in [0.25, 0.3) is 0 Å². The van der Waals surface area contributed by atoms with Crippen LogP contribution in [0.4, 0.5) is 4.79 Å². The molecule has 1 aliphatic heterocycles. The van der Waals surface area contributed by atoms with E-state index in [4.69, 9.17) is 14.2 Å². The molecule has 8 heteroatoms. The van der Waals surface area contributed by atoms with Crippen molar-refractivity contribution in [2.75, 3.05) is 20.5 Å². The molecule has 0 saturated carbocycles. The molecular formula is C15H19NO7. The molecule has 2 rings (SSSR count). The maximum Gasteiger partial charge on any atom is 0.407 e. The zero-order chi connectivity index (χ0) is 16.8. The summed E-state index contributed by atoms with van der Waals surface area (Å²) in [5, 5.41) is 12.5. The van der Waals surface area contributed by atoms with Gasteiger partial charge in [0.2, 0.25) is 6.79 Å². The van der Waals surface area contributed by atoms with Crippen LogP contribution < -0.4 is 14.8 Å². The molecule has 0 aromatic heterocycles. The van der Waals surface area contributed by atoms with E-state index < -0.39 is 24.2 Å². The molecule has 1 aliphatic rings. The lowest BCUT2D eigenvalue weighted by Crippen LogP contribution is -2.48. The first kappa shape index (κ1) is 16.9. The van der Waals surface area contributed by atoms with E-state index in [1.54, 1.807) is 25.1 Å². The van der Waals surface area contributed by atoms with E-state index in [-0.39, 0.29) is 19.8 Å². The Bertz CT molecular complexity index is 575. The van der Waals surface area contributed by atoms with Crippen LogP contribution >= 0.6 is 0 Å². The highest BCUT2D eigenvalue weighted by atomic mass is 16.7. The maximum absolute atomic E-state index is 11.6. The minimum Gasteiger partial charge on any atom is -0.467 e. The van der Waals surface area contributed by atoms with Crippen LogP contribution in [0.1, 0.15) is 12.5 Å². The Morgan fingerprint density at radius 1 is 1.35 bits per heavy atom. The fourth-order valence-corrected chi connectivity index (χ4v) is 2.17. The number of hydrogen-bond acceptors (Lipinski definition) is 7. The Morgan fingerprint density at radius 3 is 2.78 bits per heavy atom. The van der Waals surface area contributed by atoms with Gasteiger partial charge in [-0.05, 0) is 31.0 Å². The van der Waals surface area contributed by atoms with Crippen molar-refractivity contribution in [2.24, 2.45) is 0 Å². The third-order valence-corrected chi connectivity index (χ3v) is 3.30. The highest BCUT2D eigenvalue weighted by Crippen LogP contribution is 2.32. The third kappa shape index (κ3) is 4.26. The minimum absolute atomic E-state index is 0.147. The van der Waals surface area contributed by atoms with E-state index in [1.807, 2.05) is 0 Å². The van der Waals surface area contributed by atoms with Gasteiger partial charge in [0.05, 0.1) is 19.8 Å². The molecular weight excluding hydrogens is 306 g/mol. The number of ether oxygens (including phenoxy) is 4. The minimum atomic E-state index is -1.52. The molecule has 0 bridgehead atoms. The quantitative estimate of drug-likeness (QED) is 0.738. The normalized spacial score (nSPS) is 14.7. The predicted molar refractivity (Wildman–Crippen MR) is 78.2 cm³/mol. The van der Waals surface area contributed by atoms with Crippen molar-refractivity contribution in [3.05, 3.63) is 23.8 Å². The summed E-state index contributed by atoms with van der Waals surface area (Å²) in [5.41, 5.74) is 0.749. The number of fused-ring (bicyclic) bond motifs is 1. The summed E-state index contributed by atoms with van der Waals surface area (Å²) >= 11 is 0. The number of alkyl carbamates (subject to hydrolysis) is 1. The standard InChI is InChI=1S/C15H19NO7/c1-3-21-15(19)16-10(13(17)14(18)20-2)6-9-4-5-11-12(7-9)23-8-22-11/h4-5,7,10,13,17H,3,6,8H2,1-2H3,(H,16,19). The van der Waals surface area contributed by atoms with E-state index in [1.165, 1.54) is 0 Å². The predicted octanol–water partition coefficient (Wildman–Crippen LogP) is 0.606. The number of carbonyl (C=O) groups is 2. The van der Waals surface area contributed by atoms with Crippen LogP contribution in [0.5, 0.6) is 11.5 Å². The molecule has 2 unspecified atom stereocenters. The Labute approximate surface area is 133 Å². The third-order valence-electron chi connectivity index (χ3n) is 3.30. The van der Waals surface area contributed by atoms with E-state index in [0.717, 1.165) is 12.7 Å². The van der Waals surface area contributed by atoms with Crippen LogP contribution in [-0.4, -0.2) is 49.8 Å². The molecule has 1 aromatic rings. The first-order chi connectivity index (χ1) is 11.0. The number of aliphatic hydroxyl groups is 1. The van der Waals surface area contributed by atoms with E-state index >= 15 is 0 Å². The summed E-state index contributed by atoms with van der Waals surface area (Å²) in [6, 6.07) is 4.31. The van der Waals surface area contributed by atoms with Gasteiger partial charge in [0.1, 0.15) is 0 Å². The van der Waals surface area contributed by atoms with Gasteiger partial charge in [-0.15, -0.1) is 0 Å². The zero-order valence-electron chi connectivity index (χ0n) is 12.9. The molecule has 0 fully saturated rings. The van der Waals surface area contributed by atoms with Crippen molar-refractivity contribution in [2.45, 2.75) is 25.5 Å². The Hall–Kier alpha value is -2.48. The van der Waals surface area contributed by atoms with Gasteiger partial charge in [-0.2, -0.15) is 0 Å². The molecule has 23 heavy (non-hydrogen) atoms. The van der Waals surface area contributed by atoms with Crippen molar-refractivity contribution >= 4 is 12.1 Å². The van der Waals surface area contributed by atoms with Crippen molar-refractivity contribution in [1.29, 1.82) is 0 Å². The summed E-state index contributed by atoms with van der Waals surface area (Å²) < 4.78 is 19.8. The highest BCUT2D eigenvalue weighted by Gasteiger charge is 2.29. The number of methoxy groups -OCH3 is 1. The lowest BCUT2D eigenvalue weighted by atomic mass is 10.0. The van der Waals surface area contributed by atoms with Crippen molar-refractivity contribution in [3.8, 4) is 11.5 Å². The summed E-state index contributed by atoms with van der Waals surface area (Å²) in [7, 11) is 1.16. The number of benzene rings is 1. The first-order valence-electron chi connectivity index (χ1n) is 7.12. The van der Waals surface area contributed by atoms with E-state index in [9.17, 15) is 14.7 Å². The van der Waals surface area contributed by atoms with Gasteiger partial charge in [-0.3, -0.25) is 0 Å². The second-order valence-electron chi connectivity index (χ2n) is 4.83. The molecule has 126 valence electrons. The Kier molecular flexibility index (Phi) is 5.64. The Balaban J connectivity index is 2.12. The van der Waals surface area contributed by atoms with Crippen LogP contribution in [0.2, 0.25) is 0 Å². The molecule has 1 aromatic carbocycles. The van der Waals surface area contributed by atoms with E-state index in [0.29, 0.717) is 11.5 Å². The van der Waals surface area contributed by atoms with Crippen molar-refractivity contribution < 1.29 is 33.6 Å². The van der Waals surface area contributed by atoms with Gasteiger partial charge >= 0.3 is 12.1 Å². The zero-order valence-corrected chi connectivity index (χ0v) is 12.9. The molecule has 0 spiro atoms. The molecule has 0 saturated heterocycles. The molecule has 1 amide bonds. The highest BCUT2D eigenvalue weighted by molar-refractivity contribution is 5.77. The summed E-state index contributed by atoms with van der Waals surface area (Å²) in [6.45, 7) is 1.98. The Morgan fingerprint density at radius 2 is 2.09 bits per heavy atom. The van der Waals surface area contributed by atoms with Crippen LogP contribution in [0.3, 0.4) is 0 Å². The van der Waals surface area contributed by atoms with Crippen molar-refractivity contribution in [3.63, 3.8) is 0 Å². The average Bonchev–Trinajstić information content (AvgIpc) is 3.00. The number of nitrogens with one attached hydrogen (secondary N) is 1. The molecule has 2 atom stereocenters. The van der Waals surface area contributed by atoms with Gasteiger partial charge in [0, 0.05) is 0 Å². The second kappa shape index (κ2) is 7.68. The van der Waals surface area contributed by atoms with Crippen LogP contribution in [0.25, 0.3) is 0 Å². The SMILES string of the molecule is CCOC(=O)NC(Cc1ccc2c(c1)OCO2)C(O)C(=O)OC. The second-order valence-corrected chi connectivity index (χ2v) is 4.83. The number of esters is 1. The van der Waals surface area contributed by atoms with Crippen LogP contribution in [0.15, 0.2) is 18.2 Å². The monoisotopic (exact) mass is 325 g/mol. The molecule has 0 aliphatic carbocycles. The van der Waals surface area contributed by atoms with Gasteiger partial charge in [-0.1, -0.05) is 6.07 Å². The first-order valence-corrected chi connectivity index (χ1v) is 7.12. The lowest BCUT2D eigenvalue weighted by Gasteiger charge is -2.22. The fourth-order valence-electron chi connectivity index (χ4n) is 2.17. The van der Waals surface area contributed by atoms with Gasteiger partial charge < -0.3 is 29.4 Å². The average molecular weight is 325 g/mol. The number of aliphatic hydroxyl groups excluding tert-OH is 1. The van der Waals surface area contributed by atoms with E-state index in [2.05, 4.69) is 10.1 Å². The largest absolute Gasteiger partial charge is 0.467 e. The van der Waals surface area contributed by atoms with Crippen LogP contribution in [-0.2, 0) is 20.7 Å². The van der Waals surface area contributed by atoms with Gasteiger partial charge in [0.15, 0.2) is 17.6 Å². The number of carbonyl (C=O) groups excluding carboxylic acids is 2. The summed E-state index contributed by atoms with van der Waals surface area (Å²) in [5.74, 6) is 0.356. The summed E-state index contributed by atoms with van der Waals surface area (Å²) in [6.07, 6.45) is -2.05. The molecule has 1 heterocycles. The van der Waals surface area contributed by atoms with Gasteiger partial charge in [-0.25, -0.2) is 9.59 Å². The number of hydrogen-bond donors (Lipinski definition) is 2. The topological polar surface area (TPSA) is 103 Å².